The van der Waals surface area contributed by atoms with E-state index in [-0.39, 0.29) is 0 Å². The monoisotopic (exact) mass is 352 g/mol. The molecule has 4 aliphatic rings. The minimum absolute atomic E-state index is 0.480. The molecule has 2 nitrogen and oxygen atoms in total. The van der Waals surface area contributed by atoms with Crippen molar-refractivity contribution < 1.29 is 0 Å². The maximum Gasteiger partial charge on any atom is 0.0991 e. The molecule has 0 spiro atoms. The van der Waals surface area contributed by atoms with Crippen LogP contribution in [0.4, 0.5) is 0 Å². The predicted molar refractivity (Wildman–Crippen MR) is 110 cm³/mol. The molecular weight excluding hydrogens is 316 g/mol. The van der Waals surface area contributed by atoms with Crippen molar-refractivity contribution in [2.75, 3.05) is 6.54 Å². The van der Waals surface area contributed by atoms with Crippen molar-refractivity contribution in [3.8, 4) is 0 Å². The fourth-order valence-electron chi connectivity index (χ4n) is 5.59. The maximum absolute atomic E-state index is 2.81. The highest BCUT2D eigenvalue weighted by Gasteiger charge is 2.50. The third kappa shape index (κ3) is 2.60. The molecule has 0 aromatic heterocycles. The topological polar surface area (TPSA) is 6.48 Å². The summed E-state index contributed by atoms with van der Waals surface area (Å²) in [4.78, 5) is 5.55. The van der Waals surface area contributed by atoms with Gasteiger partial charge in [0.25, 0.3) is 0 Å². The van der Waals surface area contributed by atoms with Gasteiger partial charge in [-0.25, -0.2) is 0 Å². The second-order valence-electron chi connectivity index (χ2n) is 9.45. The Bertz CT molecular complexity index is 691. The van der Waals surface area contributed by atoms with Gasteiger partial charge in [-0.15, -0.1) is 0 Å². The molecule has 1 saturated heterocycles. The molecule has 0 N–H and O–H groups in total. The van der Waals surface area contributed by atoms with Crippen LogP contribution in [0.1, 0.15) is 60.8 Å². The Balaban J connectivity index is 1.78. The highest BCUT2D eigenvalue weighted by Crippen LogP contribution is 2.52. The van der Waals surface area contributed by atoms with Gasteiger partial charge < -0.3 is 9.80 Å². The van der Waals surface area contributed by atoms with Crippen molar-refractivity contribution in [2.45, 2.75) is 73.0 Å². The largest absolute Gasteiger partial charge is 0.353 e. The van der Waals surface area contributed by atoms with Crippen molar-refractivity contribution in [3.63, 3.8) is 0 Å². The van der Waals surface area contributed by atoms with E-state index in [0.29, 0.717) is 30.0 Å². The molecule has 142 valence electrons. The Kier molecular flexibility index (Phi) is 4.57. The van der Waals surface area contributed by atoms with Crippen LogP contribution in [0, 0.1) is 23.7 Å². The second kappa shape index (κ2) is 6.62. The standard InChI is InChI=1S/C24H36N2/c1-15(2)13-14-25-18(6)26-23-19(16(3)4)9-7-10-20(23)17(5)21-11-8-12-22(25)24(21)26/h7,9-11,15-19,23H,8,12-14H2,1-6H3. The molecule has 26 heavy (non-hydrogen) atoms. The zero-order valence-corrected chi connectivity index (χ0v) is 17.5. The first kappa shape index (κ1) is 17.9. The molecule has 2 heteroatoms. The van der Waals surface area contributed by atoms with Gasteiger partial charge >= 0.3 is 0 Å². The number of hydrogen-bond donors (Lipinski definition) is 0. The first-order chi connectivity index (χ1) is 12.4. The Hall–Kier alpha value is -1.44. The van der Waals surface area contributed by atoms with E-state index < -0.39 is 0 Å². The fraction of sp³-hybridized carbons (Fsp3) is 0.667. The van der Waals surface area contributed by atoms with Crippen molar-refractivity contribution in [1.82, 2.24) is 9.80 Å². The van der Waals surface area contributed by atoms with E-state index in [1.54, 1.807) is 22.5 Å². The smallest absolute Gasteiger partial charge is 0.0991 e. The molecule has 0 radical (unpaired) electrons. The predicted octanol–water partition coefficient (Wildman–Crippen LogP) is 5.71. The lowest BCUT2D eigenvalue weighted by Crippen LogP contribution is -2.53. The minimum atomic E-state index is 0.480. The number of rotatable bonds is 4. The van der Waals surface area contributed by atoms with Crippen LogP contribution in [0.25, 0.3) is 0 Å². The Morgan fingerprint density at radius 2 is 1.92 bits per heavy atom. The molecule has 4 unspecified atom stereocenters. The molecule has 0 saturated carbocycles. The van der Waals surface area contributed by atoms with E-state index in [0.717, 1.165) is 5.92 Å². The summed E-state index contributed by atoms with van der Waals surface area (Å²) in [6, 6.07) is 0.536. The molecule has 1 fully saturated rings. The summed E-state index contributed by atoms with van der Waals surface area (Å²) in [5, 5.41) is 0. The van der Waals surface area contributed by atoms with Crippen LogP contribution < -0.4 is 0 Å². The number of hydrogen-bond acceptors (Lipinski definition) is 2. The fourth-order valence-corrected chi connectivity index (χ4v) is 5.59. The second-order valence-corrected chi connectivity index (χ2v) is 9.45. The molecule has 2 aliphatic carbocycles. The van der Waals surface area contributed by atoms with E-state index in [2.05, 4.69) is 75.6 Å². The lowest BCUT2D eigenvalue weighted by molar-refractivity contribution is 0.0866. The summed E-state index contributed by atoms with van der Waals surface area (Å²) in [7, 11) is 0. The van der Waals surface area contributed by atoms with Crippen LogP contribution in [0.5, 0.6) is 0 Å². The van der Waals surface area contributed by atoms with Crippen LogP contribution in [0.3, 0.4) is 0 Å². The van der Waals surface area contributed by atoms with Crippen LogP contribution in [-0.4, -0.2) is 28.6 Å². The van der Waals surface area contributed by atoms with Crippen LogP contribution in [-0.2, 0) is 0 Å². The van der Waals surface area contributed by atoms with Gasteiger partial charge in [0.1, 0.15) is 0 Å². The number of nitrogens with zero attached hydrogens (tertiary/aromatic N) is 2. The van der Waals surface area contributed by atoms with Crippen LogP contribution in [0.2, 0.25) is 0 Å². The Morgan fingerprint density at radius 3 is 2.62 bits per heavy atom. The van der Waals surface area contributed by atoms with Gasteiger partial charge in [0.2, 0.25) is 0 Å². The van der Waals surface area contributed by atoms with E-state index in [1.165, 1.54) is 25.8 Å². The molecule has 4 atom stereocenters. The summed E-state index contributed by atoms with van der Waals surface area (Å²) in [6.07, 6.45) is 13.9. The summed E-state index contributed by atoms with van der Waals surface area (Å²) in [5.74, 6) is 2.61. The van der Waals surface area contributed by atoms with Gasteiger partial charge in [0.05, 0.1) is 17.9 Å². The summed E-state index contributed by atoms with van der Waals surface area (Å²) in [5.41, 5.74) is 6.48. The quantitative estimate of drug-likeness (QED) is 0.639. The molecule has 0 bridgehead atoms. The summed E-state index contributed by atoms with van der Waals surface area (Å²) >= 11 is 0. The number of piperidine rings is 1. The lowest BCUT2D eigenvalue weighted by atomic mass is 9.70. The number of allylic oxidation sites excluding steroid dienone is 5. The molecule has 0 aromatic rings. The van der Waals surface area contributed by atoms with Crippen molar-refractivity contribution in [1.29, 1.82) is 0 Å². The van der Waals surface area contributed by atoms with Gasteiger partial charge in [0, 0.05) is 24.1 Å². The van der Waals surface area contributed by atoms with E-state index in [4.69, 9.17) is 0 Å². The average Bonchev–Trinajstić information content (AvgIpc) is 2.89. The average molecular weight is 353 g/mol. The van der Waals surface area contributed by atoms with Crippen molar-refractivity contribution >= 4 is 0 Å². The van der Waals surface area contributed by atoms with Crippen molar-refractivity contribution in [2.24, 2.45) is 23.7 Å². The summed E-state index contributed by atoms with van der Waals surface area (Å²) in [6.45, 7) is 15.6. The number of fused-ring (bicyclic) bond motifs is 2. The molecule has 0 amide bonds. The Labute approximate surface area is 160 Å². The van der Waals surface area contributed by atoms with E-state index in [1.807, 2.05) is 0 Å². The highest BCUT2D eigenvalue weighted by molar-refractivity contribution is 5.52. The van der Waals surface area contributed by atoms with Gasteiger partial charge in [0.15, 0.2) is 0 Å². The molecule has 4 rings (SSSR count). The lowest BCUT2D eigenvalue weighted by Gasteiger charge is -2.50. The zero-order valence-electron chi connectivity index (χ0n) is 17.5. The summed E-state index contributed by atoms with van der Waals surface area (Å²) < 4.78 is 0. The SMILES string of the molecule is CC(C)CCN1C2=C3C(=CCC2)C(C)C2=CC=CC(C(C)C)C2N3C1C. The van der Waals surface area contributed by atoms with E-state index in [9.17, 15) is 0 Å². The van der Waals surface area contributed by atoms with Gasteiger partial charge in [-0.1, -0.05) is 58.9 Å². The maximum atomic E-state index is 2.81. The third-order valence-electron chi connectivity index (χ3n) is 7.06. The normalized spacial score (nSPS) is 32.9. The van der Waals surface area contributed by atoms with Gasteiger partial charge in [-0.05, 0) is 49.2 Å². The highest BCUT2D eigenvalue weighted by atomic mass is 15.4. The Morgan fingerprint density at radius 1 is 1.15 bits per heavy atom. The van der Waals surface area contributed by atoms with Crippen LogP contribution in [0.15, 0.2) is 46.8 Å². The zero-order chi connectivity index (χ0) is 18.6. The first-order valence-corrected chi connectivity index (χ1v) is 10.8. The van der Waals surface area contributed by atoms with Crippen LogP contribution >= 0.6 is 0 Å². The van der Waals surface area contributed by atoms with Gasteiger partial charge in [-0.3, -0.25) is 0 Å². The third-order valence-corrected chi connectivity index (χ3v) is 7.06. The molecule has 2 heterocycles. The first-order valence-electron chi connectivity index (χ1n) is 10.8. The molecule has 2 aliphatic heterocycles. The minimum Gasteiger partial charge on any atom is -0.353 e. The van der Waals surface area contributed by atoms with Crippen molar-refractivity contribution in [3.05, 3.63) is 46.8 Å². The van der Waals surface area contributed by atoms with E-state index >= 15 is 0 Å². The molecular formula is C24H36N2. The van der Waals surface area contributed by atoms with Gasteiger partial charge in [-0.2, -0.15) is 0 Å². The molecule has 0 aromatic carbocycles.